The summed E-state index contributed by atoms with van der Waals surface area (Å²) in [5, 5.41) is 10.7. The van der Waals surface area contributed by atoms with Crippen LogP contribution in [0.15, 0.2) is 0 Å². The van der Waals surface area contributed by atoms with Gasteiger partial charge in [-0.1, -0.05) is 420 Å². The number of ether oxygens (including phenoxy) is 4. The van der Waals surface area contributed by atoms with Gasteiger partial charge in [-0.2, -0.15) is 0 Å². The third-order valence-electron chi connectivity index (χ3n) is 20.9. The van der Waals surface area contributed by atoms with Gasteiger partial charge >= 0.3 is 39.5 Å². The maximum Gasteiger partial charge on any atom is 0.472 e. The zero-order valence-corrected chi connectivity index (χ0v) is 71.4. The summed E-state index contributed by atoms with van der Waals surface area (Å²) < 4.78 is 68.9. The second-order valence-corrected chi connectivity index (χ2v) is 34.4. The van der Waals surface area contributed by atoms with Crippen molar-refractivity contribution in [2.45, 2.75) is 490 Å². The van der Waals surface area contributed by atoms with Crippen molar-refractivity contribution in [3.05, 3.63) is 0 Å². The molecule has 0 rings (SSSR count). The van der Waals surface area contributed by atoms with E-state index in [1.54, 1.807) is 0 Å². The third-order valence-corrected chi connectivity index (χ3v) is 22.8. The first kappa shape index (κ1) is 104. The number of unbranched alkanes of at least 4 members (excludes halogenated alkanes) is 58. The summed E-state index contributed by atoms with van der Waals surface area (Å²) in [6, 6.07) is 0. The van der Waals surface area contributed by atoms with E-state index in [4.69, 9.17) is 37.0 Å². The van der Waals surface area contributed by atoms with Crippen LogP contribution in [0.3, 0.4) is 0 Å². The van der Waals surface area contributed by atoms with Gasteiger partial charge in [0.15, 0.2) is 12.2 Å². The number of carbonyl (C=O) groups excluding carboxylic acids is 4. The molecule has 17 nitrogen and oxygen atoms in total. The van der Waals surface area contributed by atoms with E-state index < -0.39 is 97.5 Å². The molecule has 0 saturated heterocycles. The Bertz CT molecular complexity index is 2020. The number of esters is 4. The van der Waals surface area contributed by atoms with E-state index in [0.717, 1.165) is 102 Å². The normalized spacial score (nSPS) is 14.0. The molecule has 106 heavy (non-hydrogen) atoms. The number of aliphatic hydroxyl groups is 1. The van der Waals surface area contributed by atoms with Gasteiger partial charge in [-0.05, 0) is 31.6 Å². The first-order valence-corrected chi connectivity index (χ1v) is 48.2. The Morgan fingerprint density at radius 2 is 0.453 bits per heavy atom. The zero-order chi connectivity index (χ0) is 77.6. The summed E-state index contributed by atoms with van der Waals surface area (Å²) in [5.41, 5.74) is 0. The molecular weight excluding hydrogens is 1380 g/mol. The lowest BCUT2D eigenvalue weighted by molar-refractivity contribution is -0.161. The molecular formula is C87H170O17P2. The fraction of sp³-hybridized carbons (Fsp3) is 0.954. The lowest BCUT2D eigenvalue weighted by Gasteiger charge is -2.21. The number of carbonyl (C=O) groups is 4. The second kappa shape index (κ2) is 79.7. The summed E-state index contributed by atoms with van der Waals surface area (Å²) in [7, 11) is -9.93. The van der Waals surface area contributed by atoms with Gasteiger partial charge in [0, 0.05) is 25.7 Å². The van der Waals surface area contributed by atoms with Gasteiger partial charge in [-0.3, -0.25) is 37.3 Å². The molecule has 3 N–H and O–H groups in total. The second-order valence-electron chi connectivity index (χ2n) is 31.5. The Kier molecular flexibility index (Phi) is 78.2. The number of hydrogen-bond donors (Lipinski definition) is 3. The highest BCUT2D eigenvalue weighted by Gasteiger charge is 2.30. The van der Waals surface area contributed by atoms with Gasteiger partial charge in [0.2, 0.25) is 0 Å². The van der Waals surface area contributed by atoms with E-state index in [9.17, 15) is 43.2 Å². The molecule has 0 spiro atoms. The monoisotopic (exact) mass is 1550 g/mol. The minimum Gasteiger partial charge on any atom is -0.462 e. The number of rotatable bonds is 87. The standard InChI is InChI=1S/C87H170O17P2/c1-6-10-13-16-19-22-25-28-31-33-35-37-38-40-42-44-47-50-53-56-63-68-73-86(91)103-82(76-97-84(89)70-65-60-54-51-48-46-43-41-39-36-34-32-29-26-23-20-17-14-11-7-2)78-101-105(93,94)99-74-81(88)75-100-106(95,96)102-79-83(77-98-85(90)71-66-61-58-57-59-64-69-80(5)9-4)104-87(92)72-67-62-55-52-49-45-30-27-24-21-18-15-12-8-3/h80-83,88H,6-79H2,1-5H3,(H,93,94)(H,95,96)/t80?,81-,82-,83-/m1/s1. The summed E-state index contributed by atoms with van der Waals surface area (Å²) in [6.07, 6.45) is 73.8. The molecule has 0 radical (unpaired) electrons. The fourth-order valence-corrected chi connectivity index (χ4v) is 15.2. The quantitative estimate of drug-likeness (QED) is 0.0222. The molecule has 0 aromatic heterocycles. The maximum absolute atomic E-state index is 13.2. The smallest absolute Gasteiger partial charge is 0.462 e. The molecule has 0 aliphatic heterocycles. The number of phosphoric ester groups is 2. The third kappa shape index (κ3) is 78.7. The number of hydrogen-bond acceptors (Lipinski definition) is 15. The molecule has 0 aliphatic carbocycles. The van der Waals surface area contributed by atoms with Crippen molar-refractivity contribution in [2.24, 2.45) is 5.92 Å². The molecule has 630 valence electrons. The largest absolute Gasteiger partial charge is 0.472 e. The van der Waals surface area contributed by atoms with E-state index in [1.165, 1.54) is 289 Å². The average molecular weight is 1550 g/mol. The molecule has 6 atom stereocenters. The van der Waals surface area contributed by atoms with Crippen molar-refractivity contribution >= 4 is 39.5 Å². The first-order valence-electron chi connectivity index (χ1n) is 45.2. The van der Waals surface area contributed by atoms with Crippen molar-refractivity contribution in [1.82, 2.24) is 0 Å². The highest BCUT2D eigenvalue weighted by atomic mass is 31.2. The summed E-state index contributed by atoms with van der Waals surface area (Å²) in [5.74, 6) is -1.37. The maximum atomic E-state index is 13.2. The van der Waals surface area contributed by atoms with Gasteiger partial charge in [-0.15, -0.1) is 0 Å². The Balaban J connectivity index is 5.21. The van der Waals surface area contributed by atoms with E-state index in [0.29, 0.717) is 25.7 Å². The van der Waals surface area contributed by atoms with Crippen LogP contribution in [0.25, 0.3) is 0 Å². The Labute approximate surface area is 651 Å². The topological polar surface area (TPSA) is 237 Å². The van der Waals surface area contributed by atoms with Gasteiger partial charge in [0.1, 0.15) is 19.3 Å². The lowest BCUT2D eigenvalue weighted by Crippen LogP contribution is -2.30. The predicted molar refractivity (Wildman–Crippen MR) is 437 cm³/mol. The molecule has 0 heterocycles. The van der Waals surface area contributed by atoms with E-state index >= 15 is 0 Å². The van der Waals surface area contributed by atoms with Gasteiger partial charge in [-0.25, -0.2) is 9.13 Å². The van der Waals surface area contributed by atoms with E-state index in [-0.39, 0.29) is 25.7 Å². The van der Waals surface area contributed by atoms with Crippen molar-refractivity contribution < 1.29 is 80.2 Å². The van der Waals surface area contributed by atoms with Crippen LogP contribution in [0.5, 0.6) is 0 Å². The Hall–Kier alpha value is -1.94. The molecule has 3 unspecified atom stereocenters. The van der Waals surface area contributed by atoms with E-state index in [2.05, 4.69) is 34.6 Å². The summed E-state index contributed by atoms with van der Waals surface area (Å²) >= 11 is 0. The molecule has 0 saturated carbocycles. The summed E-state index contributed by atoms with van der Waals surface area (Å²) in [6.45, 7) is 7.32. The van der Waals surface area contributed by atoms with Crippen molar-refractivity contribution in [3.63, 3.8) is 0 Å². The SMILES string of the molecule is CCCCCCCCCCCCCCCCCCCCCCCCC(=O)O[C@H](COC(=O)CCCCCCCCCCCCCCCCCCCCCC)COP(=O)(O)OC[C@@H](O)COP(=O)(O)OC[C@@H](COC(=O)CCCCCCCCC(C)CC)OC(=O)CCCCCCCCCCCCCCCC. The van der Waals surface area contributed by atoms with Crippen LogP contribution in [0, 0.1) is 5.92 Å². The van der Waals surface area contributed by atoms with Crippen LogP contribution in [0.1, 0.15) is 471 Å². The van der Waals surface area contributed by atoms with Gasteiger partial charge in [0.05, 0.1) is 26.4 Å². The minimum atomic E-state index is -4.97. The average Bonchev–Trinajstić information content (AvgIpc) is 0.901. The van der Waals surface area contributed by atoms with Crippen molar-refractivity contribution in [1.29, 1.82) is 0 Å². The van der Waals surface area contributed by atoms with Crippen LogP contribution in [-0.4, -0.2) is 96.7 Å². The number of phosphoric acid groups is 2. The Morgan fingerprint density at radius 3 is 0.670 bits per heavy atom. The molecule has 0 aromatic rings. The molecule has 0 amide bonds. The fourth-order valence-electron chi connectivity index (χ4n) is 13.6. The van der Waals surface area contributed by atoms with Crippen molar-refractivity contribution in [3.8, 4) is 0 Å². The van der Waals surface area contributed by atoms with Crippen LogP contribution < -0.4 is 0 Å². The highest BCUT2D eigenvalue weighted by molar-refractivity contribution is 7.47. The van der Waals surface area contributed by atoms with Crippen LogP contribution in [0.2, 0.25) is 0 Å². The Morgan fingerprint density at radius 1 is 0.264 bits per heavy atom. The van der Waals surface area contributed by atoms with E-state index in [1.807, 2.05) is 0 Å². The summed E-state index contributed by atoms with van der Waals surface area (Å²) in [4.78, 5) is 73.2. The first-order chi connectivity index (χ1) is 51.6. The van der Waals surface area contributed by atoms with Crippen molar-refractivity contribution in [2.75, 3.05) is 39.6 Å². The van der Waals surface area contributed by atoms with Crippen LogP contribution >= 0.6 is 15.6 Å². The van der Waals surface area contributed by atoms with Gasteiger partial charge < -0.3 is 33.8 Å². The lowest BCUT2D eigenvalue weighted by atomic mass is 10.00. The molecule has 0 aliphatic rings. The number of aliphatic hydroxyl groups excluding tert-OH is 1. The zero-order valence-electron chi connectivity index (χ0n) is 69.6. The predicted octanol–water partition coefficient (Wildman–Crippen LogP) is 26.8. The van der Waals surface area contributed by atoms with Crippen LogP contribution in [-0.2, 0) is 65.4 Å². The van der Waals surface area contributed by atoms with Crippen LogP contribution in [0.4, 0.5) is 0 Å². The molecule has 19 heteroatoms. The molecule has 0 aromatic carbocycles. The molecule has 0 fully saturated rings. The highest BCUT2D eigenvalue weighted by Crippen LogP contribution is 2.45. The molecule has 0 bridgehead atoms. The minimum absolute atomic E-state index is 0.108. The van der Waals surface area contributed by atoms with Gasteiger partial charge in [0.25, 0.3) is 0 Å².